The summed E-state index contributed by atoms with van der Waals surface area (Å²) < 4.78 is 38.5. The number of rotatable bonds is 9. The van der Waals surface area contributed by atoms with E-state index >= 15 is 0 Å². The number of benzene rings is 3. The van der Waals surface area contributed by atoms with E-state index in [-0.39, 0.29) is 15.9 Å². The van der Waals surface area contributed by atoms with E-state index in [1.165, 1.54) is 16.4 Å². The second-order valence-electron chi connectivity index (χ2n) is 7.96. The number of hydrogen-bond donors (Lipinski definition) is 2. The van der Waals surface area contributed by atoms with Crippen LogP contribution in [0, 0.1) is 0 Å². The molecule has 10 heteroatoms. The van der Waals surface area contributed by atoms with Gasteiger partial charge in [0.05, 0.1) is 17.2 Å². The van der Waals surface area contributed by atoms with E-state index in [2.05, 4.69) is 10.6 Å². The normalized spacial score (nSPS) is 12.6. The van der Waals surface area contributed by atoms with Crippen molar-refractivity contribution in [2.45, 2.75) is 18.2 Å². The highest BCUT2D eigenvalue weighted by atomic mass is 32.2. The lowest BCUT2D eigenvalue weighted by atomic mass is 10.2. The number of carbonyl (C=O) groups excluding carboxylic acids is 1. The fraction of sp³-hybridized carbons (Fsp3) is 0.231. The largest absolute Gasteiger partial charge is 0.491 e. The topological polar surface area (TPSA) is 97.0 Å². The summed E-state index contributed by atoms with van der Waals surface area (Å²) >= 11 is 5.25. The summed E-state index contributed by atoms with van der Waals surface area (Å²) in [5, 5.41) is 5.63. The minimum atomic E-state index is -3.68. The van der Waals surface area contributed by atoms with Crippen LogP contribution in [0.15, 0.2) is 77.7 Å². The summed E-state index contributed by atoms with van der Waals surface area (Å²) in [6.07, 6.45) is 0.687. The first kappa shape index (κ1) is 25.6. The molecular weight excluding hydrogens is 498 g/mol. The Hall–Kier alpha value is -3.47. The summed E-state index contributed by atoms with van der Waals surface area (Å²) in [6, 6.07) is 20.5. The second kappa shape index (κ2) is 11.5. The second-order valence-corrected chi connectivity index (χ2v) is 10.2. The van der Waals surface area contributed by atoms with E-state index in [0.717, 1.165) is 5.56 Å². The maximum atomic E-state index is 13.2. The van der Waals surface area contributed by atoms with Crippen LogP contribution >= 0.6 is 12.2 Å². The molecule has 0 saturated heterocycles. The van der Waals surface area contributed by atoms with Crippen LogP contribution in [-0.4, -0.2) is 45.8 Å². The number of carbonyl (C=O) groups is 1. The molecular formula is C26H27N3O5S2. The Morgan fingerprint density at radius 2 is 1.72 bits per heavy atom. The zero-order valence-corrected chi connectivity index (χ0v) is 21.4. The molecule has 4 rings (SSSR count). The number of ether oxygens (including phenoxy) is 2. The van der Waals surface area contributed by atoms with Gasteiger partial charge in [-0.2, -0.15) is 0 Å². The molecule has 0 aliphatic carbocycles. The maximum Gasteiger partial charge on any atom is 0.264 e. The maximum absolute atomic E-state index is 13.2. The lowest BCUT2D eigenvalue weighted by Crippen LogP contribution is -2.34. The third-order valence-corrected chi connectivity index (χ3v) is 7.62. The molecule has 1 aliphatic rings. The molecule has 188 valence electrons. The van der Waals surface area contributed by atoms with Crippen LogP contribution in [-0.2, 0) is 21.2 Å². The number of anilines is 2. The molecule has 3 aromatic carbocycles. The van der Waals surface area contributed by atoms with E-state index in [0.29, 0.717) is 55.5 Å². The van der Waals surface area contributed by atoms with Crippen molar-refractivity contribution in [3.05, 3.63) is 83.9 Å². The van der Waals surface area contributed by atoms with Crippen molar-refractivity contribution in [2.75, 3.05) is 36.0 Å². The van der Waals surface area contributed by atoms with Gasteiger partial charge in [-0.05, 0) is 85.7 Å². The minimum absolute atomic E-state index is 0.0983. The molecule has 8 nitrogen and oxygen atoms in total. The van der Waals surface area contributed by atoms with Gasteiger partial charge in [0, 0.05) is 24.4 Å². The van der Waals surface area contributed by atoms with Crippen molar-refractivity contribution >= 4 is 44.6 Å². The lowest BCUT2D eigenvalue weighted by molar-refractivity contribution is 0.0977. The molecule has 0 atom stereocenters. The molecule has 2 N–H and O–H groups in total. The van der Waals surface area contributed by atoms with Crippen molar-refractivity contribution in [3.8, 4) is 5.75 Å². The van der Waals surface area contributed by atoms with Crippen LogP contribution in [0.2, 0.25) is 0 Å². The highest BCUT2D eigenvalue weighted by Crippen LogP contribution is 2.32. The van der Waals surface area contributed by atoms with Gasteiger partial charge in [-0.15, -0.1) is 0 Å². The number of nitrogens with zero attached hydrogens (tertiary/aromatic N) is 1. The monoisotopic (exact) mass is 525 g/mol. The van der Waals surface area contributed by atoms with Crippen LogP contribution in [0.5, 0.6) is 5.75 Å². The highest BCUT2D eigenvalue weighted by Gasteiger charge is 2.30. The van der Waals surface area contributed by atoms with Crippen molar-refractivity contribution in [3.63, 3.8) is 0 Å². The van der Waals surface area contributed by atoms with Gasteiger partial charge in [-0.25, -0.2) is 8.42 Å². The zero-order valence-electron chi connectivity index (χ0n) is 19.8. The Kier molecular flexibility index (Phi) is 8.19. The summed E-state index contributed by atoms with van der Waals surface area (Å²) in [7, 11) is -3.68. The Labute approximate surface area is 216 Å². The minimum Gasteiger partial charge on any atom is -0.491 e. The van der Waals surface area contributed by atoms with Gasteiger partial charge in [-0.1, -0.05) is 18.2 Å². The number of nitrogens with one attached hydrogen (secondary N) is 2. The van der Waals surface area contributed by atoms with E-state index in [1.54, 1.807) is 36.4 Å². The number of para-hydroxylation sites is 1. The first-order chi connectivity index (χ1) is 17.4. The van der Waals surface area contributed by atoms with Crippen LogP contribution in [0.25, 0.3) is 0 Å². The molecule has 1 amide bonds. The Bertz CT molecular complexity index is 1330. The van der Waals surface area contributed by atoms with Crippen molar-refractivity contribution < 1.29 is 22.7 Å². The molecule has 0 saturated carbocycles. The summed E-state index contributed by atoms with van der Waals surface area (Å²) in [5.41, 5.74) is 2.71. The smallest absolute Gasteiger partial charge is 0.264 e. The van der Waals surface area contributed by atoms with Crippen molar-refractivity contribution in [1.82, 2.24) is 5.32 Å². The van der Waals surface area contributed by atoms with Gasteiger partial charge >= 0.3 is 0 Å². The quantitative estimate of drug-likeness (QED) is 0.322. The van der Waals surface area contributed by atoms with Crippen LogP contribution < -0.4 is 19.7 Å². The molecule has 0 fully saturated rings. The first-order valence-electron chi connectivity index (χ1n) is 11.5. The molecule has 1 aliphatic heterocycles. The number of thiocarbonyl (C=S) groups is 1. The fourth-order valence-electron chi connectivity index (χ4n) is 3.80. The predicted octanol–water partition coefficient (Wildman–Crippen LogP) is 3.98. The Balaban J connectivity index is 1.32. The number of hydrogen-bond acceptors (Lipinski definition) is 6. The first-order valence-corrected chi connectivity index (χ1v) is 13.4. The van der Waals surface area contributed by atoms with E-state index in [9.17, 15) is 13.2 Å². The average molecular weight is 526 g/mol. The third-order valence-electron chi connectivity index (χ3n) is 5.59. The molecule has 0 unspecified atom stereocenters. The van der Waals surface area contributed by atoms with Gasteiger partial charge in [0.15, 0.2) is 5.11 Å². The molecule has 3 aromatic rings. The van der Waals surface area contributed by atoms with E-state index in [1.807, 2.05) is 31.2 Å². The average Bonchev–Trinajstić information content (AvgIpc) is 3.32. The summed E-state index contributed by atoms with van der Waals surface area (Å²) in [6.45, 7) is 3.89. The summed E-state index contributed by atoms with van der Waals surface area (Å²) in [4.78, 5) is 12.7. The molecule has 0 spiro atoms. The third kappa shape index (κ3) is 6.01. The zero-order chi connectivity index (χ0) is 25.5. The van der Waals surface area contributed by atoms with E-state index < -0.39 is 10.0 Å². The summed E-state index contributed by atoms with van der Waals surface area (Å²) in [5.74, 6) is 0.264. The van der Waals surface area contributed by atoms with Gasteiger partial charge in [0.2, 0.25) is 0 Å². The van der Waals surface area contributed by atoms with E-state index in [4.69, 9.17) is 21.7 Å². The predicted molar refractivity (Wildman–Crippen MR) is 143 cm³/mol. The molecule has 36 heavy (non-hydrogen) atoms. The van der Waals surface area contributed by atoms with Gasteiger partial charge in [0.1, 0.15) is 12.4 Å². The molecule has 0 aromatic heterocycles. The highest BCUT2D eigenvalue weighted by molar-refractivity contribution is 7.92. The van der Waals surface area contributed by atoms with Gasteiger partial charge in [-0.3, -0.25) is 14.4 Å². The van der Waals surface area contributed by atoms with Gasteiger partial charge in [0.25, 0.3) is 15.9 Å². The number of amides is 1. The van der Waals surface area contributed by atoms with Gasteiger partial charge < -0.3 is 14.8 Å². The fourth-order valence-corrected chi connectivity index (χ4v) is 5.51. The Morgan fingerprint density at radius 1 is 1.00 bits per heavy atom. The van der Waals surface area contributed by atoms with Crippen LogP contribution in [0.4, 0.5) is 11.4 Å². The Morgan fingerprint density at radius 3 is 2.44 bits per heavy atom. The molecule has 0 radical (unpaired) electrons. The lowest BCUT2D eigenvalue weighted by Gasteiger charge is -2.19. The number of fused-ring (bicyclic) bond motifs is 1. The molecule has 1 heterocycles. The van der Waals surface area contributed by atoms with Crippen molar-refractivity contribution in [1.29, 1.82) is 0 Å². The van der Waals surface area contributed by atoms with Crippen LogP contribution in [0.3, 0.4) is 0 Å². The van der Waals surface area contributed by atoms with Crippen LogP contribution in [0.1, 0.15) is 22.8 Å². The molecule has 0 bridgehead atoms. The number of sulfonamides is 1. The van der Waals surface area contributed by atoms with Crippen molar-refractivity contribution in [2.24, 2.45) is 0 Å². The SMILES string of the molecule is CCOCCOc1ccc(C(=O)NC(=S)Nc2ccc(S(=O)(=O)N3CCc4ccccc43)cc2)cc1. The standard InChI is InChI=1S/C26H27N3O5S2/c1-2-33-17-18-34-22-11-7-20(8-12-22)25(30)28-26(35)27-21-9-13-23(14-10-21)36(31,32)29-16-15-19-5-3-4-6-24(19)29/h3-14H,2,15-18H2,1H3,(H2,27,28,30,35).